The van der Waals surface area contributed by atoms with E-state index < -0.39 is 0 Å². The number of anilines is 3. The van der Waals surface area contributed by atoms with Crippen LogP contribution in [-0.2, 0) is 5.41 Å². The van der Waals surface area contributed by atoms with Gasteiger partial charge >= 0.3 is 0 Å². The third-order valence-electron chi connectivity index (χ3n) is 13.3. The van der Waals surface area contributed by atoms with Crippen molar-refractivity contribution < 1.29 is 0 Å². The smallest absolute Gasteiger partial charge is 0.0540 e. The molecule has 0 fully saturated rings. The van der Waals surface area contributed by atoms with E-state index in [4.69, 9.17) is 0 Å². The highest BCUT2D eigenvalue weighted by Crippen LogP contribution is 2.56. The van der Waals surface area contributed by atoms with E-state index in [1.165, 1.54) is 103 Å². The van der Waals surface area contributed by atoms with Crippen LogP contribution in [0.1, 0.15) is 25.0 Å². The molecule has 1 aromatic heterocycles. The van der Waals surface area contributed by atoms with Crippen molar-refractivity contribution in [1.29, 1.82) is 0 Å². The van der Waals surface area contributed by atoms with Gasteiger partial charge in [-0.25, -0.2) is 0 Å². The molecule has 0 aliphatic heterocycles. The summed E-state index contributed by atoms with van der Waals surface area (Å²) < 4.78 is 2.63. The molecule has 10 aromatic carbocycles. The van der Waals surface area contributed by atoms with Crippen LogP contribution in [0.2, 0.25) is 0 Å². The Morgan fingerprint density at radius 3 is 1.57 bits per heavy atom. The number of hydrogen-bond donors (Lipinski definition) is 0. The lowest BCUT2D eigenvalue weighted by Gasteiger charge is -2.34. The molecule has 0 saturated heterocycles. The van der Waals surface area contributed by atoms with Gasteiger partial charge in [0.15, 0.2) is 0 Å². The zero-order valence-electron chi connectivity index (χ0n) is 35.2. The maximum Gasteiger partial charge on any atom is 0.0540 e. The molecule has 1 aliphatic rings. The zero-order valence-corrected chi connectivity index (χ0v) is 36.0. The van der Waals surface area contributed by atoms with E-state index in [2.05, 4.69) is 243 Å². The van der Waals surface area contributed by atoms with Gasteiger partial charge in [0.1, 0.15) is 0 Å². The first-order chi connectivity index (χ1) is 31.0. The zero-order chi connectivity index (χ0) is 42.1. The number of hydrogen-bond acceptors (Lipinski definition) is 2. The van der Waals surface area contributed by atoms with E-state index in [-0.39, 0.29) is 5.41 Å². The first kappa shape index (κ1) is 37.3. The lowest BCUT2D eigenvalue weighted by Crippen LogP contribution is -2.21. The van der Waals surface area contributed by atoms with Gasteiger partial charge in [0.2, 0.25) is 0 Å². The van der Waals surface area contributed by atoms with Gasteiger partial charge in [-0.15, -0.1) is 11.3 Å². The summed E-state index contributed by atoms with van der Waals surface area (Å²) in [6.07, 6.45) is 0. The molecule has 298 valence electrons. The van der Waals surface area contributed by atoms with Gasteiger partial charge in [-0.05, 0) is 103 Å². The minimum atomic E-state index is -0.224. The van der Waals surface area contributed by atoms with Gasteiger partial charge in [0.25, 0.3) is 0 Å². The second-order valence-corrected chi connectivity index (χ2v) is 18.3. The van der Waals surface area contributed by atoms with Crippen LogP contribution in [-0.4, -0.2) is 0 Å². The Morgan fingerprint density at radius 2 is 0.841 bits per heavy atom. The van der Waals surface area contributed by atoms with Crippen LogP contribution in [0.4, 0.5) is 17.1 Å². The van der Waals surface area contributed by atoms with E-state index >= 15 is 0 Å². The highest BCUT2D eigenvalue weighted by Gasteiger charge is 2.39. The van der Waals surface area contributed by atoms with Crippen molar-refractivity contribution in [2.45, 2.75) is 19.3 Å². The second kappa shape index (κ2) is 14.8. The normalized spacial score (nSPS) is 12.7. The van der Waals surface area contributed by atoms with Gasteiger partial charge in [-0.3, -0.25) is 0 Å². The van der Waals surface area contributed by atoms with Gasteiger partial charge in [-0.1, -0.05) is 202 Å². The van der Waals surface area contributed by atoms with Crippen molar-refractivity contribution >= 4 is 59.3 Å². The molecular formula is C61H43NS. The van der Waals surface area contributed by atoms with Crippen molar-refractivity contribution in [1.82, 2.24) is 0 Å². The Hall–Kier alpha value is -7.52. The van der Waals surface area contributed by atoms with Crippen LogP contribution in [0.3, 0.4) is 0 Å². The van der Waals surface area contributed by atoms with Gasteiger partial charge < -0.3 is 4.90 Å². The lowest BCUT2D eigenvalue weighted by molar-refractivity contribution is 0.661. The first-order valence-corrected chi connectivity index (χ1v) is 22.7. The number of nitrogens with zero attached hydrogens (tertiary/aromatic N) is 1. The van der Waals surface area contributed by atoms with Gasteiger partial charge in [0, 0.05) is 36.7 Å². The molecule has 0 bridgehead atoms. The fraction of sp³-hybridized carbons (Fsp3) is 0.0492. The number of thiophene rings is 1. The van der Waals surface area contributed by atoms with E-state index in [0.717, 1.165) is 11.4 Å². The third-order valence-corrected chi connectivity index (χ3v) is 14.4. The fourth-order valence-electron chi connectivity index (χ4n) is 10.4. The van der Waals surface area contributed by atoms with Crippen LogP contribution in [0.25, 0.3) is 86.6 Å². The summed E-state index contributed by atoms with van der Waals surface area (Å²) in [5, 5.41) is 5.12. The molecule has 1 heterocycles. The summed E-state index contributed by atoms with van der Waals surface area (Å²) in [5.74, 6) is 0. The predicted octanol–water partition coefficient (Wildman–Crippen LogP) is 17.7. The molecule has 0 amide bonds. The summed E-state index contributed by atoms with van der Waals surface area (Å²) in [5.41, 5.74) is 18.2. The largest absolute Gasteiger partial charge is 0.309 e. The van der Waals surface area contributed by atoms with E-state index in [1.807, 2.05) is 11.3 Å². The van der Waals surface area contributed by atoms with E-state index in [0.29, 0.717) is 0 Å². The standard InChI is InChI=1S/C61H43NS/c1-61(2)53-28-10-6-23-49(53)51-27-16-31-56(60(51)61)62(55-30-12-8-22-46(55)44-37-38-58-52(39-44)50-24-9-13-32-57(50)63-58)54-29-11-7-21-45(54)41-33-35-42(36-34-41)48-26-15-20-43-19-14-25-47(59(43)48)40-17-4-3-5-18-40/h3-39H,1-2H3. The highest BCUT2D eigenvalue weighted by molar-refractivity contribution is 7.25. The van der Waals surface area contributed by atoms with Crippen molar-refractivity contribution in [3.63, 3.8) is 0 Å². The van der Waals surface area contributed by atoms with Crippen LogP contribution >= 0.6 is 11.3 Å². The van der Waals surface area contributed by atoms with Crippen molar-refractivity contribution in [2.75, 3.05) is 4.90 Å². The van der Waals surface area contributed by atoms with Crippen molar-refractivity contribution in [3.05, 3.63) is 236 Å². The molecule has 0 atom stereocenters. The molecule has 0 radical (unpaired) electrons. The minimum Gasteiger partial charge on any atom is -0.309 e. The van der Waals surface area contributed by atoms with Gasteiger partial charge in [-0.2, -0.15) is 0 Å². The summed E-state index contributed by atoms with van der Waals surface area (Å²) >= 11 is 1.87. The Morgan fingerprint density at radius 1 is 0.349 bits per heavy atom. The SMILES string of the molecule is CC1(C)c2ccccc2-c2cccc(N(c3ccccc3-c3ccc(-c4cccc5cccc(-c6ccccc6)c45)cc3)c3ccccc3-c3ccc4sc5ccccc5c4c3)c21. The average Bonchev–Trinajstić information content (AvgIpc) is 3.83. The monoisotopic (exact) mass is 821 g/mol. The van der Waals surface area contributed by atoms with Crippen molar-refractivity contribution in [2.24, 2.45) is 0 Å². The van der Waals surface area contributed by atoms with Crippen LogP contribution in [0.5, 0.6) is 0 Å². The summed E-state index contributed by atoms with van der Waals surface area (Å²) in [6.45, 7) is 4.78. The van der Waals surface area contributed by atoms with E-state index in [1.54, 1.807) is 0 Å². The fourth-order valence-corrected chi connectivity index (χ4v) is 11.5. The number of fused-ring (bicyclic) bond motifs is 7. The molecule has 0 unspecified atom stereocenters. The molecule has 2 heteroatoms. The second-order valence-electron chi connectivity index (χ2n) is 17.2. The Balaban J connectivity index is 1.05. The molecular weight excluding hydrogens is 779 g/mol. The summed E-state index contributed by atoms with van der Waals surface area (Å²) in [6, 6.07) is 82.9. The topological polar surface area (TPSA) is 3.24 Å². The molecule has 0 spiro atoms. The molecule has 11 aromatic rings. The molecule has 63 heavy (non-hydrogen) atoms. The third kappa shape index (κ3) is 6.05. The minimum absolute atomic E-state index is 0.224. The lowest BCUT2D eigenvalue weighted by atomic mass is 9.81. The number of rotatable bonds is 7. The van der Waals surface area contributed by atoms with Crippen LogP contribution in [0.15, 0.2) is 224 Å². The maximum absolute atomic E-state index is 2.55. The van der Waals surface area contributed by atoms with Crippen LogP contribution in [0, 0.1) is 0 Å². The molecule has 12 rings (SSSR count). The quantitative estimate of drug-likeness (QED) is 0.155. The Kier molecular flexibility index (Phi) is 8.77. The first-order valence-electron chi connectivity index (χ1n) is 21.8. The van der Waals surface area contributed by atoms with E-state index in [9.17, 15) is 0 Å². The van der Waals surface area contributed by atoms with Gasteiger partial charge in [0.05, 0.1) is 17.1 Å². The average molecular weight is 822 g/mol. The number of benzene rings is 10. The van der Waals surface area contributed by atoms with Crippen LogP contribution < -0.4 is 4.90 Å². The molecule has 1 nitrogen and oxygen atoms in total. The Bertz CT molecular complexity index is 3530. The predicted molar refractivity (Wildman–Crippen MR) is 271 cm³/mol. The Labute approximate surface area is 372 Å². The van der Waals surface area contributed by atoms with Crippen molar-refractivity contribution in [3.8, 4) is 55.6 Å². The maximum atomic E-state index is 2.55. The molecule has 0 saturated carbocycles. The molecule has 1 aliphatic carbocycles. The highest BCUT2D eigenvalue weighted by atomic mass is 32.1. The number of para-hydroxylation sites is 2. The summed E-state index contributed by atoms with van der Waals surface area (Å²) in [4.78, 5) is 2.55. The molecule has 0 N–H and O–H groups in total. The summed E-state index contributed by atoms with van der Waals surface area (Å²) in [7, 11) is 0.